The number of rotatable bonds is 2. The van der Waals surface area contributed by atoms with Gasteiger partial charge in [0.15, 0.2) is 0 Å². The van der Waals surface area contributed by atoms with Crippen molar-refractivity contribution < 1.29 is 9.90 Å². The lowest BCUT2D eigenvalue weighted by molar-refractivity contribution is -0.154. The smallest absolute Gasteiger partial charge is 0.328 e. The number of carboxylic acids is 1. The van der Waals surface area contributed by atoms with E-state index in [4.69, 9.17) is 0 Å². The van der Waals surface area contributed by atoms with Gasteiger partial charge in [-0.05, 0) is 30.4 Å². The Hall–Kier alpha value is -1.39. The van der Waals surface area contributed by atoms with E-state index >= 15 is 0 Å². The first-order chi connectivity index (χ1) is 9.75. The molecule has 4 heteroatoms. The van der Waals surface area contributed by atoms with Crippen LogP contribution in [0.25, 0.3) is 0 Å². The summed E-state index contributed by atoms with van der Waals surface area (Å²) in [6, 6.07) is 8.12. The third-order valence-corrected chi connectivity index (χ3v) is 4.71. The summed E-state index contributed by atoms with van der Waals surface area (Å²) in [4.78, 5) is 14.4. The molecule has 0 aromatic heterocycles. The summed E-state index contributed by atoms with van der Waals surface area (Å²) < 4.78 is 0. The third-order valence-electron chi connectivity index (χ3n) is 4.71. The summed E-state index contributed by atoms with van der Waals surface area (Å²) in [6.07, 6.45) is 3.78. The second-order valence-corrected chi connectivity index (χ2v) is 5.77. The molecule has 0 spiro atoms. The Bertz CT molecular complexity index is 497. The fourth-order valence-electron chi connectivity index (χ4n) is 3.71. The fraction of sp³-hybridized carbons (Fsp3) is 0.562. The van der Waals surface area contributed by atoms with E-state index in [9.17, 15) is 9.90 Å². The molecule has 0 radical (unpaired) electrons. The summed E-state index contributed by atoms with van der Waals surface area (Å²) in [7, 11) is 0. The van der Waals surface area contributed by atoms with E-state index in [1.54, 1.807) is 0 Å². The van der Waals surface area contributed by atoms with E-state index < -0.39 is 11.5 Å². The number of fused-ring (bicyclic) bond motifs is 1. The minimum atomic E-state index is -0.824. The number of piperazine rings is 1. The lowest BCUT2D eigenvalue weighted by Gasteiger charge is -2.43. The number of aryl methyl sites for hydroxylation is 1. The average molecular weight is 274 g/mol. The van der Waals surface area contributed by atoms with Crippen LogP contribution in [0.2, 0.25) is 0 Å². The van der Waals surface area contributed by atoms with Crippen molar-refractivity contribution >= 4 is 5.97 Å². The number of nitrogens with one attached hydrogen (secondary N) is 1. The number of carbonyl (C=O) groups is 1. The molecule has 1 aromatic carbocycles. The first-order valence-electron chi connectivity index (χ1n) is 7.53. The molecule has 2 aliphatic rings. The van der Waals surface area contributed by atoms with E-state index in [0.29, 0.717) is 0 Å². The normalized spacial score (nSPS) is 27.6. The van der Waals surface area contributed by atoms with Crippen LogP contribution in [0.1, 0.15) is 30.4 Å². The van der Waals surface area contributed by atoms with Crippen molar-refractivity contribution in [3.8, 4) is 0 Å². The van der Waals surface area contributed by atoms with Crippen LogP contribution in [0.3, 0.4) is 0 Å². The fourth-order valence-corrected chi connectivity index (χ4v) is 3.71. The van der Waals surface area contributed by atoms with Crippen molar-refractivity contribution in [1.82, 2.24) is 10.2 Å². The summed E-state index contributed by atoms with van der Waals surface area (Å²) in [6.45, 7) is 3.36. The summed E-state index contributed by atoms with van der Waals surface area (Å²) in [5.74, 6) is -0.686. The first kappa shape index (κ1) is 13.6. The Balaban J connectivity index is 2.11. The van der Waals surface area contributed by atoms with Gasteiger partial charge in [-0.25, -0.2) is 4.79 Å². The maximum Gasteiger partial charge on any atom is 0.328 e. The van der Waals surface area contributed by atoms with Crippen molar-refractivity contribution in [2.24, 2.45) is 0 Å². The number of hydrogen-bond donors (Lipinski definition) is 2. The standard InChI is InChI=1S/C16H22N2O2/c19-15(20)16(18-11-9-17-10-12-18)8-4-3-6-13-5-1-2-7-14(13)16/h1-2,5,7,17H,3-4,6,8-12H2,(H,19,20). The Kier molecular flexibility index (Phi) is 3.76. The number of benzene rings is 1. The van der Waals surface area contributed by atoms with Gasteiger partial charge in [0.2, 0.25) is 0 Å². The maximum atomic E-state index is 12.2. The molecule has 2 N–H and O–H groups in total. The van der Waals surface area contributed by atoms with Gasteiger partial charge in [-0.1, -0.05) is 30.7 Å². The molecule has 3 rings (SSSR count). The van der Waals surface area contributed by atoms with Gasteiger partial charge in [-0.3, -0.25) is 4.90 Å². The highest BCUT2D eigenvalue weighted by molar-refractivity contribution is 5.81. The molecule has 1 atom stereocenters. The van der Waals surface area contributed by atoms with E-state index in [1.165, 1.54) is 5.56 Å². The van der Waals surface area contributed by atoms with Crippen LogP contribution >= 0.6 is 0 Å². The Morgan fingerprint density at radius 3 is 2.70 bits per heavy atom. The lowest BCUT2D eigenvalue weighted by atomic mass is 9.82. The maximum absolute atomic E-state index is 12.2. The Morgan fingerprint density at radius 1 is 1.20 bits per heavy atom. The van der Waals surface area contributed by atoms with Crippen molar-refractivity contribution in [2.45, 2.75) is 31.2 Å². The van der Waals surface area contributed by atoms with Gasteiger partial charge in [-0.2, -0.15) is 0 Å². The van der Waals surface area contributed by atoms with Crippen molar-refractivity contribution in [3.05, 3.63) is 35.4 Å². The van der Waals surface area contributed by atoms with Crippen LogP contribution in [0.4, 0.5) is 0 Å². The second kappa shape index (κ2) is 5.54. The average Bonchev–Trinajstić information content (AvgIpc) is 2.68. The molecule has 20 heavy (non-hydrogen) atoms. The zero-order valence-corrected chi connectivity index (χ0v) is 11.8. The van der Waals surface area contributed by atoms with Crippen LogP contribution in [0, 0.1) is 0 Å². The molecule has 1 saturated heterocycles. The zero-order valence-electron chi connectivity index (χ0n) is 11.8. The molecule has 1 fully saturated rings. The predicted octanol–water partition coefficient (Wildman–Crippen LogP) is 1.60. The summed E-state index contributed by atoms with van der Waals surface area (Å²) in [5.41, 5.74) is 1.41. The minimum absolute atomic E-state index is 0.686. The zero-order chi connectivity index (χ0) is 14.0. The minimum Gasteiger partial charge on any atom is -0.480 e. The molecule has 1 aliphatic heterocycles. The molecule has 0 bridgehead atoms. The molecule has 1 aliphatic carbocycles. The van der Waals surface area contributed by atoms with Crippen LogP contribution in [0.15, 0.2) is 24.3 Å². The highest BCUT2D eigenvalue weighted by Gasteiger charge is 2.47. The molecule has 108 valence electrons. The Labute approximate surface area is 119 Å². The first-order valence-corrected chi connectivity index (χ1v) is 7.53. The third kappa shape index (κ3) is 2.13. The number of nitrogens with zero attached hydrogens (tertiary/aromatic N) is 1. The van der Waals surface area contributed by atoms with Crippen LogP contribution < -0.4 is 5.32 Å². The number of carboxylic acid groups (broad SMARTS) is 1. The molecule has 4 nitrogen and oxygen atoms in total. The van der Waals surface area contributed by atoms with E-state index in [1.807, 2.05) is 18.2 Å². The summed E-state index contributed by atoms with van der Waals surface area (Å²) >= 11 is 0. The predicted molar refractivity (Wildman–Crippen MR) is 77.8 cm³/mol. The summed E-state index contributed by atoms with van der Waals surface area (Å²) in [5, 5.41) is 13.4. The molecular formula is C16H22N2O2. The van der Waals surface area contributed by atoms with Gasteiger partial charge in [0, 0.05) is 26.2 Å². The van der Waals surface area contributed by atoms with Crippen molar-refractivity contribution in [1.29, 1.82) is 0 Å². The molecular weight excluding hydrogens is 252 g/mol. The molecule has 0 saturated carbocycles. The van der Waals surface area contributed by atoms with Crippen molar-refractivity contribution in [2.75, 3.05) is 26.2 Å². The van der Waals surface area contributed by atoms with Gasteiger partial charge in [0.05, 0.1) is 0 Å². The van der Waals surface area contributed by atoms with Gasteiger partial charge in [0.1, 0.15) is 5.54 Å². The van der Waals surface area contributed by atoms with E-state index in [0.717, 1.165) is 57.4 Å². The van der Waals surface area contributed by atoms with E-state index in [-0.39, 0.29) is 0 Å². The lowest BCUT2D eigenvalue weighted by Crippen LogP contribution is -2.58. The monoisotopic (exact) mass is 274 g/mol. The topological polar surface area (TPSA) is 52.6 Å². The highest BCUT2D eigenvalue weighted by Crippen LogP contribution is 2.39. The SMILES string of the molecule is O=C(O)C1(N2CCNCC2)CCCCc2ccccc21. The van der Waals surface area contributed by atoms with Crippen LogP contribution in [0.5, 0.6) is 0 Å². The molecule has 1 heterocycles. The highest BCUT2D eigenvalue weighted by atomic mass is 16.4. The van der Waals surface area contributed by atoms with Crippen LogP contribution in [-0.4, -0.2) is 42.2 Å². The quantitative estimate of drug-likeness (QED) is 0.804. The van der Waals surface area contributed by atoms with Gasteiger partial charge < -0.3 is 10.4 Å². The molecule has 1 aromatic rings. The number of aliphatic carboxylic acids is 1. The van der Waals surface area contributed by atoms with Gasteiger partial charge >= 0.3 is 5.97 Å². The Morgan fingerprint density at radius 2 is 1.95 bits per heavy atom. The van der Waals surface area contributed by atoms with Gasteiger partial charge in [-0.15, -0.1) is 0 Å². The van der Waals surface area contributed by atoms with Crippen LogP contribution in [-0.2, 0) is 16.8 Å². The van der Waals surface area contributed by atoms with Gasteiger partial charge in [0.25, 0.3) is 0 Å². The second-order valence-electron chi connectivity index (χ2n) is 5.77. The van der Waals surface area contributed by atoms with Crippen molar-refractivity contribution in [3.63, 3.8) is 0 Å². The molecule has 0 amide bonds. The molecule has 1 unspecified atom stereocenters. The number of hydrogen-bond acceptors (Lipinski definition) is 3. The largest absolute Gasteiger partial charge is 0.480 e. The van der Waals surface area contributed by atoms with E-state index in [2.05, 4.69) is 16.3 Å².